The second-order valence-electron chi connectivity index (χ2n) is 7.88. The van der Waals surface area contributed by atoms with E-state index >= 15 is 0 Å². The number of ketones is 1. The molecule has 0 spiro atoms. The molecule has 0 atom stereocenters. The first kappa shape index (κ1) is 21.3. The Morgan fingerprint density at radius 2 is 1.77 bits per heavy atom. The fourth-order valence-corrected chi connectivity index (χ4v) is 4.23. The van der Waals surface area contributed by atoms with Crippen LogP contribution in [0.3, 0.4) is 0 Å². The van der Waals surface area contributed by atoms with Gasteiger partial charge in [-0.1, -0.05) is 34.1 Å². The highest BCUT2D eigenvalue weighted by Crippen LogP contribution is 2.24. The van der Waals surface area contributed by atoms with Gasteiger partial charge in [-0.15, -0.1) is 0 Å². The fraction of sp³-hybridized carbons (Fsp3) is 0.292. The SMILES string of the molecule is Cc1cc(NC(=O)C(=O)c2cn(CC(=O)N3CCCCC3)c3ccccc23)ccc1Br. The average Bonchev–Trinajstić information content (AvgIpc) is 3.14. The molecule has 0 unspecified atom stereocenters. The molecule has 7 heteroatoms. The lowest BCUT2D eigenvalue weighted by atomic mass is 10.1. The maximum atomic E-state index is 13.0. The van der Waals surface area contributed by atoms with E-state index in [2.05, 4.69) is 21.2 Å². The van der Waals surface area contributed by atoms with Crippen molar-refractivity contribution in [2.24, 2.45) is 0 Å². The van der Waals surface area contributed by atoms with E-state index in [-0.39, 0.29) is 12.5 Å². The highest BCUT2D eigenvalue weighted by molar-refractivity contribution is 9.10. The zero-order chi connectivity index (χ0) is 22.0. The van der Waals surface area contributed by atoms with E-state index in [1.54, 1.807) is 22.9 Å². The number of aryl methyl sites for hydroxylation is 1. The summed E-state index contributed by atoms with van der Waals surface area (Å²) in [6.45, 7) is 3.62. The van der Waals surface area contributed by atoms with Gasteiger partial charge in [0.1, 0.15) is 6.54 Å². The Balaban J connectivity index is 1.58. The van der Waals surface area contributed by atoms with Gasteiger partial charge in [0.05, 0.1) is 5.56 Å². The van der Waals surface area contributed by atoms with Crippen LogP contribution in [0.2, 0.25) is 0 Å². The number of carbonyl (C=O) groups is 3. The second-order valence-corrected chi connectivity index (χ2v) is 8.73. The molecule has 4 rings (SSSR count). The first-order valence-corrected chi connectivity index (χ1v) is 11.2. The largest absolute Gasteiger partial charge is 0.341 e. The molecule has 160 valence electrons. The number of likely N-dealkylation sites (tertiary alicyclic amines) is 1. The molecule has 1 saturated heterocycles. The first-order valence-electron chi connectivity index (χ1n) is 10.4. The van der Waals surface area contributed by atoms with E-state index < -0.39 is 11.7 Å². The number of hydrogen-bond acceptors (Lipinski definition) is 3. The number of halogens is 1. The van der Waals surface area contributed by atoms with Crippen molar-refractivity contribution in [2.45, 2.75) is 32.7 Å². The lowest BCUT2D eigenvalue weighted by Crippen LogP contribution is -2.37. The van der Waals surface area contributed by atoms with Crippen LogP contribution in [0.15, 0.2) is 53.1 Å². The fourth-order valence-electron chi connectivity index (χ4n) is 3.98. The molecule has 1 fully saturated rings. The number of anilines is 1. The minimum absolute atomic E-state index is 0.0363. The highest BCUT2D eigenvalue weighted by Gasteiger charge is 2.24. The summed E-state index contributed by atoms with van der Waals surface area (Å²) in [7, 11) is 0. The normalized spacial score (nSPS) is 13.9. The Hall–Kier alpha value is -2.93. The van der Waals surface area contributed by atoms with Gasteiger partial charge in [-0.3, -0.25) is 14.4 Å². The molecule has 0 aliphatic carbocycles. The third-order valence-corrected chi connectivity index (χ3v) is 6.56. The number of rotatable bonds is 5. The van der Waals surface area contributed by atoms with Gasteiger partial charge in [0.15, 0.2) is 0 Å². The number of nitrogens with one attached hydrogen (secondary N) is 1. The van der Waals surface area contributed by atoms with E-state index in [0.717, 1.165) is 47.9 Å². The summed E-state index contributed by atoms with van der Waals surface area (Å²) in [5, 5.41) is 3.35. The molecule has 31 heavy (non-hydrogen) atoms. The zero-order valence-corrected chi connectivity index (χ0v) is 18.9. The maximum absolute atomic E-state index is 13.0. The number of benzene rings is 2. The number of Topliss-reactive ketones (excluding diaryl/α,β-unsaturated/α-hetero) is 1. The lowest BCUT2D eigenvalue weighted by molar-refractivity contribution is -0.132. The summed E-state index contributed by atoms with van der Waals surface area (Å²) in [5.74, 6) is -1.29. The first-order chi connectivity index (χ1) is 14.9. The Morgan fingerprint density at radius 1 is 1.03 bits per heavy atom. The molecule has 2 heterocycles. The van der Waals surface area contributed by atoms with E-state index in [4.69, 9.17) is 0 Å². The molecule has 3 aromatic rings. The summed E-state index contributed by atoms with van der Waals surface area (Å²) < 4.78 is 2.70. The second kappa shape index (κ2) is 9.06. The molecule has 1 aromatic heterocycles. The number of piperidine rings is 1. The van der Waals surface area contributed by atoms with Crippen molar-refractivity contribution in [2.75, 3.05) is 18.4 Å². The van der Waals surface area contributed by atoms with Crippen molar-refractivity contribution in [1.29, 1.82) is 0 Å². The topological polar surface area (TPSA) is 71.4 Å². The molecule has 0 radical (unpaired) electrons. The molecular weight excluding hydrogens is 458 g/mol. The van der Waals surface area contributed by atoms with Crippen molar-refractivity contribution in [1.82, 2.24) is 9.47 Å². The molecular formula is C24H24BrN3O3. The van der Waals surface area contributed by atoms with Crippen LogP contribution in [0.5, 0.6) is 0 Å². The Kier molecular flexibility index (Phi) is 6.23. The number of fused-ring (bicyclic) bond motifs is 1. The highest BCUT2D eigenvalue weighted by atomic mass is 79.9. The predicted octanol–water partition coefficient (Wildman–Crippen LogP) is 4.55. The van der Waals surface area contributed by atoms with Crippen LogP contribution in [0.25, 0.3) is 10.9 Å². The maximum Gasteiger partial charge on any atom is 0.296 e. The number of carbonyl (C=O) groups excluding carboxylic acids is 3. The van der Waals surface area contributed by atoms with Crippen molar-refractivity contribution >= 4 is 50.1 Å². The lowest BCUT2D eigenvalue weighted by Gasteiger charge is -2.27. The number of para-hydroxylation sites is 1. The number of hydrogen-bond donors (Lipinski definition) is 1. The van der Waals surface area contributed by atoms with E-state index in [1.165, 1.54) is 0 Å². The number of amides is 2. The van der Waals surface area contributed by atoms with Gasteiger partial charge in [0, 0.05) is 40.3 Å². The zero-order valence-electron chi connectivity index (χ0n) is 17.4. The molecule has 6 nitrogen and oxygen atoms in total. The summed E-state index contributed by atoms with van der Waals surface area (Å²) in [4.78, 5) is 40.3. The molecule has 2 aromatic carbocycles. The van der Waals surface area contributed by atoms with Crippen molar-refractivity contribution < 1.29 is 14.4 Å². The van der Waals surface area contributed by atoms with E-state index in [1.807, 2.05) is 42.2 Å². The third kappa shape index (κ3) is 4.56. The van der Waals surface area contributed by atoms with Crippen LogP contribution in [-0.2, 0) is 16.1 Å². The molecule has 2 amide bonds. The van der Waals surface area contributed by atoms with Gasteiger partial charge in [0.25, 0.3) is 11.7 Å². The summed E-state index contributed by atoms with van der Waals surface area (Å²) in [6.07, 6.45) is 4.83. The third-order valence-electron chi connectivity index (χ3n) is 5.67. The summed E-state index contributed by atoms with van der Waals surface area (Å²) >= 11 is 3.43. The monoisotopic (exact) mass is 481 g/mol. The van der Waals surface area contributed by atoms with Crippen molar-refractivity contribution in [3.8, 4) is 0 Å². The molecule has 1 aliphatic rings. The van der Waals surface area contributed by atoms with Gasteiger partial charge in [0.2, 0.25) is 5.91 Å². The summed E-state index contributed by atoms with van der Waals surface area (Å²) in [6, 6.07) is 12.7. The van der Waals surface area contributed by atoms with Crippen LogP contribution in [0, 0.1) is 6.92 Å². The predicted molar refractivity (Wildman–Crippen MR) is 124 cm³/mol. The Morgan fingerprint density at radius 3 is 2.52 bits per heavy atom. The van der Waals surface area contributed by atoms with Gasteiger partial charge in [-0.25, -0.2) is 0 Å². The van der Waals surface area contributed by atoms with Crippen LogP contribution in [0.4, 0.5) is 5.69 Å². The van der Waals surface area contributed by atoms with Crippen LogP contribution in [0.1, 0.15) is 35.2 Å². The van der Waals surface area contributed by atoms with E-state index in [0.29, 0.717) is 16.6 Å². The molecule has 1 N–H and O–H groups in total. The van der Waals surface area contributed by atoms with Gasteiger partial charge >= 0.3 is 0 Å². The summed E-state index contributed by atoms with van der Waals surface area (Å²) in [5.41, 5.74) is 2.58. The Bertz CT molecular complexity index is 1160. The van der Waals surface area contributed by atoms with Crippen molar-refractivity contribution in [3.05, 3.63) is 64.3 Å². The standard InChI is InChI=1S/C24H24BrN3O3/c1-16-13-17(9-10-20(16)25)26-24(31)23(30)19-14-28(21-8-4-3-7-18(19)21)15-22(29)27-11-5-2-6-12-27/h3-4,7-10,13-14H,2,5-6,11-12,15H2,1H3,(H,26,31). The van der Waals surface area contributed by atoms with Gasteiger partial charge < -0.3 is 14.8 Å². The molecule has 1 aliphatic heterocycles. The molecule has 0 saturated carbocycles. The number of aromatic nitrogens is 1. The van der Waals surface area contributed by atoms with Crippen LogP contribution < -0.4 is 5.32 Å². The minimum atomic E-state index is -0.702. The smallest absolute Gasteiger partial charge is 0.296 e. The number of nitrogens with zero attached hydrogens (tertiary/aromatic N) is 2. The Labute approximate surface area is 189 Å². The average molecular weight is 482 g/mol. The van der Waals surface area contributed by atoms with Gasteiger partial charge in [-0.05, 0) is 56.0 Å². The van der Waals surface area contributed by atoms with E-state index in [9.17, 15) is 14.4 Å². The van der Waals surface area contributed by atoms with Gasteiger partial charge in [-0.2, -0.15) is 0 Å². The minimum Gasteiger partial charge on any atom is -0.341 e. The van der Waals surface area contributed by atoms with Crippen LogP contribution in [-0.4, -0.2) is 40.2 Å². The van der Waals surface area contributed by atoms with Crippen molar-refractivity contribution in [3.63, 3.8) is 0 Å². The quantitative estimate of drug-likeness (QED) is 0.429. The molecule has 0 bridgehead atoms. The van der Waals surface area contributed by atoms with Crippen LogP contribution >= 0.6 is 15.9 Å².